The number of carbonyl (C=O) groups excluding carboxylic acids is 1. The number of hydrogen-bond donors (Lipinski definition) is 1. The molecule has 5 aliphatic rings. The third-order valence-electron chi connectivity index (χ3n) is 9.71. The van der Waals surface area contributed by atoms with Gasteiger partial charge >= 0.3 is 5.97 Å². The molecule has 3 fully saturated rings. The van der Waals surface area contributed by atoms with Gasteiger partial charge in [-0.15, -0.1) is 0 Å². The summed E-state index contributed by atoms with van der Waals surface area (Å²) in [6.07, 6.45) is 24.5. The summed E-state index contributed by atoms with van der Waals surface area (Å²) in [6, 6.07) is 0.513. The molecule has 212 valence electrons. The van der Waals surface area contributed by atoms with Crippen LogP contribution in [0.15, 0.2) is 35.8 Å². The molecule has 5 rings (SSSR count). The average molecular weight is 528 g/mol. The van der Waals surface area contributed by atoms with E-state index in [4.69, 9.17) is 14.6 Å². The van der Waals surface area contributed by atoms with Crippen LogP contribution in [0.1, 0.15) is 96.8 Å². The second kappa shape index (κ2) is 13.3. The molecule has 1 saturated carbocycles. The maximum absolute atomic E-state index is 12.6. The Hall–Kier alpha value is -2.08. The number of ketones is 1. The minimum atomic E-state index is -0.657. The number of rotatable bonds is 13. The summed E-state index contributed by atoms with van der Waals surface area (Å²) in [5.74, 6) is 2.41. The van der Waals surface area contributed by atoms with Crippen molar-refractivity contribution in [3.05, 3.63) is 35.8 Å². The van der Waals surface area contributed by atoms with E-state index < -0.39 is 5.97 Å². The number of carboxylic acid groups (broad SMARTS) is 1. The molecule has 0 aromatic rings. The Morgan fingerprint density at radius 3 is 2.34 bits per heavy atom. The second-order valence-electron chi connectivity index (χ2n) is 12.0. The van der Waals surface area contributed by atoms with Crippen molar-refractivity contribution in [2.75, 3.05) is 20.7 Å². The number of methoxy groups -OCH3 is 1. The standard InChI is InChI=1S/C18H21NO3.C14H28O2/c1-19-8-7-18-11-4-5-13(20)17(18)22-16-14(21-2)6-3-10(15(16)18)9-12(11)19;1-2-3-4-5-6-7-8-9-10-11-12-13-14(15)16/h3-6,10-12,15,17H,7-9H2,1-2H3;2-13H2,1H3,(H,15,16)/t10?,11-,12+,15?,17-,18-;/m0./s1. The molecule has 6 heteroatoms. The van der Waals surface area contributed by atoms with Crippen molar-refractivity contribution in [3.8, 4) is 0 Å². The Morgan fingerprint density at radius 2 is 1.71 bits per heavy atom. The molecule has 2 aliphatic heterocycles. The van der Waals surface area contributed by atoms with Gasteiger partial charge in [-0.25, -0.2) is 0 Å². The van der Waals surface area contributed by atoms with Crippen molar-refractivity contribution >= 4 is 11.8 Å². The van der Waals surface area contributed by atoms with E-state index in [1.807, 2.05) is 6.08 Å². The molecule has 2 heterocycles. The predicted molar refractivity (Wildman–Crippen MR) is 149 cm³/mol. The molecule has 0 amide bonds. The molecule has 6 nitrogen and oxygen atoms in total. The number of unbranched alkanes of at least 4 members (excludes halogenated alkanes) is 10. The number of piperidine rings is 1. The van der Waals surface area contributed by atoms with Crippen LogP contribution in [0.3, 0.4) is 0 Å². The van der Waals surface area contributed by atoms with Crippen LogP contribution in [-0.4, -0.2) is 54.6 Å². The van der Waals surface area contributed by atoms with Crippen LogP contribution in [0.5, 0.6) is 0 Å². The summed E-state index contributed by atoms with van der Waals surface area (Å²) >= 11 is 0. The van der Waals surface area contributed by atoms with Crippen molar-refractivity contribution in [2.45, 2.75) is 109 Å². The van der Waals surface area contributed by atoms with Gasteiger partial charge in [0.1, 0.15) is 5.76 Å². The summed E-state index contributed by atoms with van der Waals surface area (Å²) < 4.78 is 11.8. The van der Waals surface area contributed by atoms with Gasteiger partial charge < -0.3 is 19.5 Å². The van der Waals surface area contributed by atoms with E-state index in [0.717, 1.165) is 43.7 Å². The van der Waals surface area contributed by atoms with E-state index in [0.29, 0.717) is 30.2 Å². The Morgan fingerprint density at radius 1 is 1.05 bits per heavy atom. The number of carbonyl (C=O) groups is 2. The molecule has 2 unspecified atom stereocenters. The fourth-order valence-corrected chi connectivity index (χ4v) is 7.77. The number of ether oxygens (including phenoxy) is 2. The first-order valence-corrected chi connectivity index (χ1v) is 15.2. The molecule has 0 aromatic carbocycles. The highest BCUT2D eigenvalue weighted by Crippen LogP contribution is 2.66. The lowest BCUT2D eigenvalue weighted by atomic mass is 9.48. The summed E-state index contributed by atoms with van der Waals surface area (Å²) in [7, 11) is 3.91. The van der Waals surface area contributed by atoms with Crippen LogP contribution in [0, 0.1) is 23.2 Å². The van der Waals surface area contributed by atoms with Gasteiger partial charge in [0.15, 0.2) is 17.6 Å². The SMILES string of the molecule is CCCCCCCCCCCCCC(=O)O.COC1=C2O[C@H]3C(=O)C=C[C@H]4[C@H]5CC(C=C1)C2[C@@]34CCN5C. The summed E-state index contributed by atoms with van der Waals surface area (Å²) in [4.78, 5) is 25.3. The van der Waals surface area contributed by atoms with Gasteiger partial charge in [0, 0.05) is 29.7 Å². The fraction of sp³-hybridized carbons (Fsp3) is 0.750. The predicted octanol–water partition coefficient (Wildman–Crippen LogP) is 6.67. The van der Waals surface area contributed by atoms with Gasteiger partial charge in [0.25, 0.3) is 0 Å². The molecular weight excluding hydrogens is 478 g/mol. The van der Waals surface area contributed by atoms with Crippen LogP contribution < -0.4 is 0 Å². The lowest BCUT2D eigenvalue weighted by Gasteiger charge is -2.59. The van der Waals surface area contributed by atoms with Gasteiger partial charge in [-0.05, 0) is 50.9 Å². The van der Waals surface area contributed by atoms with Crippen molar-refractivity contribution < 1.29 is 24.2 Å². The Kier molecular flexibility index (Phi) is 10.1. The third kappa shape index (κ3) is 5.90. The van der Waals surface area contributed by atoms with Gasteiger partial charge in [-0.1, -0.05) is 83.3 Å². The number of hydrogen-bond acceptors (Lipinski definition) is 5. The van der Waals surface area contributed by atoms with E-state index in [9.17, 15) is 9.59 Å². The van der Waals surface area contributed by atoms with E-state index >= 15 is 0 Å². The fourth-order valence-electron chi connectivity index (χ4n) is 7.77. The molecule has 2 saturated heterocycles. The van der Waals surface area contributed by atoms with Crippen LogP contribution in [0.25, 0.3) is 0 Å². The summed E-state index contributed by atoms with van der Waals surface area (Å²) in [5, 5.41) is 8.46. The number of allylic oxidation sites excluding steroid dienone is 3. The van der Waals surface area contributed by atoms with Crippen LogP contribution in [-0.2, 0) is 19.1 Å². The monoisotopic (exact) mass is 527 g/mol. The molecule has 0 radical (unpaired) electrons. The third-order valence-corrected chi connectivity index (χ3v) is 9.71. The van der Waals surface area contributed by atoms with E-state index in [1.165, 1.54) is 57.8 Å². The maximum atomic E-state index is 12.6. The molecule has 38 heavy (non-hydrogen) atoms. The molecule has 6 atom stereocenters. The van der Waals surface area contributed by atoms with Crippen molar-refractivity contribution in [1.82, 2.24) is 4.90 Å². The van der Waals surface area contributed by atoms with Gasteiger partial charge in [0.05, 0.1) is 7.11 Å². The number of carboxylic acids is 1. The molecule has 2 bridgehead atoms. The number of likely N-dealkylation sites (tertiary alicyclic amines) is 1. The topological polar surface area (TPSA) is 76.1 Å². The molecule has 0 aromatic heterocycles. The quantitative estimate of drug-likeness (QED) is 0.270. The van der Waals surface area contributed by atoms with Crippen LogP contribution in [0.2, 0.25) is 0 Å². The Labute approximate surface area is 229 Å². The largest absolute Gasteiger partial charge is 0.493 e. The van der Waals surface area contributed by atoms with Crippen molar-refractivity contribution in [3.63, 3.8) is 0 Å². The smallest absolute Gasteiger partial charge is 0.303 e. The van der Waals surface area contributed by atoms with E-state index in [1.54, 1.807) is 13.2 Å². The van der Waals surface area contributed by atoms with Gasteiger partial charge in [-0.3, -0.25) is 9.59 Å². The van der Waals surface area contributed by atoms with Crippen molar-refractivity contribution in [1.29, 1.82) is 0 Å². The zero-order chi connectivity index (χ0) is 27.1. The number of aliphatic carboxylic acids is 1. The van der Waals surface area contributed by atoms with Crippen LogP contribution in [0.4, 0.5) is 0 Å². The highest BCUT2D eigenvalue weighted by atomic mass is 16.5. The molecule has 3 aliphatic carbocycles. The highest BCUT2D eigenvalue weighted by molar-refractivity contribution is 5.96. The Balaban J connectivity index is 0.000000189. The highest BCUT2D eigenvalue weighted by Gasteiger charge is 2.69. The zero-order valence-corrected chi connectivity index (χ0v) is 23.8. The normalized spacial score (nSPS) is 32.4. The van der Waals surface area contributed by atoms with Crippen molar-refractivity contribution in [2.24, 2.45) is 23.2 Å². The second-order valence-corrected chi connectivity index (χ2v) is 12.0. The first-order chi connectivity index (χ1) is 18.4. The first-order valence-electron chi connectivity index (χ1n) is 15.2. The van der Waals surface area contributed by atoms with Gasteiger partial charge in [-0.2, -0.15) is 0 Å². The van der Waals surface area contributed by atoms with Gasteiger partial charge in [0.2, 0.25) is 0 Å². The summed E-state index contributed by atoms with van der Waals surface area (Å²) in [5.41, 5.74) is -0.0597. The lowest BCUT2D eigenvalue weighted by Crippen LogP contribution is -2.64. The lowest BCUT2D eigenvalue weighted by molar-refractivity contribution is -0.140. The number of nitrogens with zero attached hydrogens (tertiary/aromatic N) is 1. The molecule has 1 N–H and O–H groups in total. The zero-order valence-electron chi connectivity index (χ0n) is 23.8. The molecular formula is C32H49NO5. The minimum absolute atomic E-state index is 0.0597. The van der Waals surface area contributed by atoms with Crippen LogP contribution >= 0.6 is 0 Å². The summed E-state index contributed by atoms with van der Waals surface area (Å²) in [6.45, 7) is 3.29. The maximum Gasteiger partial charge on any atom is 0.303 e. The minimum Gasteiger partial charge on any atom is -0.493 e. The first kappa shape index (κ1) is 28.9. The van der Waals surface area contributed by atoms with E-state index in [2.05, 4.69) is 31.0 Å². The Bertz CT molecular complexity index is 923. The molecule has 1 spiro atoms. The average Bonchev–Trinajstić information content (AvgIpc) is 3.26. The van der Waals surface area contributed by atoms with E-state index in [-0.39, 0.29) is 17.3 Å².